The molecule has 0 aliphatic carbocycles. The van der Waals surface area contributed by atoms with Gasteiger partial charge in [-0.3, -0.25) is 10.1 Å². The summed E-state index contributed by atoms with van der Waals surface area (Å²) in [7, 11) is 0. The molecule has 1 aromatic heterocycles. The number of amides is 1. The molecule has 0 aliphatic heterocycles. The SMILES string of the molecule is CCOC(=O)c1ccc(C(=O)Nc2nc3ccccc3[nH]2)cc1. The van der Waals surface area contributed by atoms with Crippen LogP contribution in [0, 0.1) is 0 Å². The molecule has 0 saturated heterocycles. The predicted octanol–water partition coefficient (Wildman–Crippen LogP) is 2.99. The minimum absolute atomic E-state index is 0.306. The minimum Gasteiger partial charge on any atom is -0.462 e. The van der Waals surface area contributed by atoms with Crippen molar-refractivity contribution in [3.05, 3.63) is 59.7 Å². The molecule has 0 unspecified atom stereocenters. The Labute approximate surface area is 132 Å². The number of H-pyrrole nitrogens is 1. The minimum atomic E-state index is -0.406. The van der Waals surface area contributed by atoms with Gasteiger partial charge in [-0.05, 0) is 43.3 Å². The highest BCUT2D eigenvalue weighted by Crippen LogP contribution is 2.14. The molecule has 1 amide bonds. The lowest BCUT2D eigenvalue weighted by Crippen LogP contribution is -2.13. The molecule has 0 spiro atoms. The molecule has 0 aliphatic rings. The van der Waals surface area contributed by atoms with Gasteiger partial charge in [0.2, 0.25) is 5.95 Å². The third-order valence-electron chi connectivity index (χ3n) is 3.28. The van der Waals surface area contributed by atoms with E-state index >= 15 is 0 Å². The van der Waals surface area contributed by atoms with Crippen LogP contribution in [0.4, 0.5) is 5.95 Å². The van der Waals surface area contributed by atoms with Gasteiger partial charge in [-0.25, -0.2) is 9.78 Å². The molecular weight excluding hydrogens is 294 g/mol. The van der Waals surface area contributed by atoms with E-state index in [9.17, 15) is 9.59 Å². The number of fused-ring (bicyclic) bond motifs is 1. The van der Waals surface area contributed by atoms with E-state index in [0.29, 0.717) is 23.7 Å². The van der Waals surface area contributed by atoms with Crippen LogP contribution in [-0.2, 0) is 4.74 Å². The predicted molar refractivity (Wildman–Crippen MR) is 86.4 cm³/mol. The number of rotatable bonds is 4. The lowest BCUT2D eigenvalue weighted by Gasteiger charge is -2.04. The summed E-state index contributed by atoms with van der Waals surface area (Å²) in [6.45, 7) is 2.06. The highest BCUT2D eigenvalue weighted by atomic mass is 16.5. The van der Waals surface area contributed by atoms with Crippen molar-refractivity contribution in [3.63, 3.8) is 0 Å². The molecule has 0 fully saturated rings. The van der Waals surface area contributed by atoms with E-state index in [1.807, 2.05) is 24.3 Å². The largest absolute Gasteiger partial charge is 0.462 e. The number of hydrogen-bond acceptors (Lipinski definition) is 4. The molecule has 116 valence electrons. The fourth-order valence-electron chi connectivity index (χ4n) is 2.16. The average molecular weight is 309 g/mol. The van der Waals surface area contributed by atoms with Gasteiger partial charge < -0.3 is 9.72 Å². The monoisotopic (exact) mass is 309 g/mol. The Hall–Kier alpha value is -3.15. The lowest BCUT2D eigenvalue weighted by molar-refractivity contribution is 0.0526. The average Bonchev–Trinajstić information content (AvgIpc) is 2.97. The number of benzene rings is 2. The number of aromatic nitrogens is 2. The maximum Gasteiger partial charge on any atom is 0.338 e. The first-order valence-electron chi connectivity index (χ1n) is 7.20. The Bertz CT molecular complexity index is 820. The van der Waals surface area contributed by atoms with Crippen molar-refractivity contribution in [1.82, 2.24) is 9.97 Å². The maximum atomic E-state index is 12.2. The molecule has 2 N–H and O–H groups in total. The van der Waals surface area contributed by atoms with Crippen molar-refractivity contribution in [2.45, 2.75) is 6.92 Å². The number of nitrogens with zero attached hydrogens (tertiary/aromatic N) is 1. The molecule has 0 radical (unpaired) electrons. The van der Waals surface area contributed by atoms with Crippen LogP contribution in [0.3, 0.4) is 0 Å². The van der Waals surface area contributed by atoms with E-state index in [-0.39, 0.29) is 5.91 Å². The van der Waals surface area contributed by atoms with Gasteiger partial charge in [0, 0.05) is 5.56 Å². The molecule has 2 aromatic carbocycles. The van der Waals surface area contributed by atoms with Crippen LogP contribution in [0.1, 0.15) is 27.6 Å². The number of esters is 1. The van der Waals surface area contributed by atoms with Crippen molar-refractivity contribution in [2.24, 2.45) is 0 Å². The fourth-order valence-corrected chi connectivity index (χ4v) is 2.16. The smallest absolute Gasteiger partial charge is 0.338 e. The van der Waals surface area contributed by atoms with Gasteiger partial charge in [-0.15, -0.1) is 0 Å². The summed E-state index contributed by atoms with van der Waals surface area (Å²) < 4.78 is 4.90. The number of carbonyl (C=O) groups excluding carboxylic acids is 2. The van der Waals surface area contributed by atoms with Crippen molar-refractivity contribution in [1.29, 1.82) is 0 Å². The Balaban J connectivity index is 1.73. The molecule has 3 aromatic rings. The summed E-state index contributed by atoms with van der Waals surface area (Å²) in [5, 5.41) is 2.70. The van der Waals surface area contributed by atoms with Crippen LogP contribution in [0.15, 0.2) is 48.5 Å². The molecule has 0 bridgehead atoms. The first kappa shape index (κ1) is 14.8. The van der Waals surface area contributed by atoms with Crippen molar-refractivity contribution in [3.8, 4) is 0 Å². The third kappa shape index (κ3) is 3.21. The molecule has 6 heteroatoms. The Kier molecular flexibility index (Phi) is 4.05. The van der Waals surface area contributed by atoms with Crippen LogP contribution in [0.5, 0.6) is 0 Å². The molecular formula is C17H15N3O3. The molecule has 0 atom stereocenters. The normalized spacial score (nSPS) is 10.5. The number of imidazole rings is 1. The molecule has 6 nitrogen and oxygen atoms in total. The summed E-state index contributed by atoms with van der Waals surface area (Å²) in [5.74, 6) is -0.332. The number of para-hydroxylation sites is 2. The molecule has 3 rings (SSSR count). The first-order chi connectivity index (χ1) is 11.2. The highest BCUT2D eigenvalue weighted by molar-refractivity contribution is 6.04. The Morgan fingerprint density at radius 2 is 1.78 bits per heavy atom. The molecule has 23 heavy (non-hydrogen) atoms. The fraction of sp³-hybridized carbons (Fsp3) is 0.118. The quantitative estimate of drug-likeness (QED) is 0.726. The second-order valence-corrected chi connectivity index (χ2v) is 4.85. The number of ether oxygens (including phenoxy) is 1. The van der Waals surface area contributed by atoms with E-state index in [4.69, 9.17) is 4.74 Å². The van der Waals surface area contributed by atoms with Crippen LogP contribution in [0.25, 0.3) is 11.0 Å². The van der Waals surface area contributed by atoms with E-state index in [0.717, 1.165) is 11.0 Å². The summed E-state index contributed by atoms with van der Waals surface area (Å²) >= 11 is 0. The van der Waals surface area contributed by atoms with Crippen LogP contribution in [-0.4, -0.2) is 28.5 Å². The second-order valence-electron chi connectivity index (χ2n) is 4.85. The van der Waals surface area contributed by atoms with Crippen molar-refractivity contribution in [2.75, 3.05) is 11.9 Å². The summed E-state index contributed by atoms with van der Waals surface area (Å²) in [5.41, 5.74) is 2.46. The number of aromatic amines is 1. The Morgan fingerprint density at radius 3 is 2.48 bits per heavy atom. The molecule has 0 saturated carbocycles. The highest BCUT2D eigenvalue weighted by Gasteiger charge is 2.11. The van der Waals surface area contributed by atoms with E-state index in [1.165, 1.54) is 0 Å². The van der Waals surface area contributed by atoms with Gasteiger partial charge in [0.15, 0.2) is 0 Å². The zero-order valence-electron chi connectivity index (χ0n) is 12.5. The van der Waals surface area contributed by atoms with E-state index in [2.05, 4.69) is 15.3 Å². The van der Waals surface area contributed by atoms with Gasteiger partial charge in [0.05, 0.1) is 23.2 Å². The first-order valence-corrected chi connectivity index (χ1v) is 7.20. The summed E-state index contributed by atoms with van der Waals surface area (Å²) in [6, 6.07) is 13.8. The maximum absolute atomic E-state index is 12.2. The van der Waals surface area contributed by atoms with Crippen LogP contribution in [0.2, 0.25) is 0 Å². The number of nitrogens with one attached hydrogen (secondary N) is 2. The zero-order chi connectivity index (χ0) is 16.2. The van der Waals surface area contributed by atoms with Gasteiger partial charge in [0.1, 0.15) is 0 Å². The topological polar surface area (TPSA) is 84.1 Å². The van der Waals surface area contributed by atoms with Crippen molar-refractivity contribution >= 4 is 28.9 Å². The number of anilines is 1. The van der Waals surface area contributed by atoms with Gasteiger partial charge in [-0.2, -0.15) is 0 Å². The van der Waals surface area contributed by atoms with Crippen LogP contribution < -0.4 is 5.32 Å². The van der Waals surface area contributed by atoms with Gasteiger partial charge >= 0.3 is 5.97 Å². The van der Waals surface area contributed by atoms with Gasteiger partial charge in [-0.1, -0.05) is 12.1 Å². The summed E-state index contributed by atoms with van der Waals surface area (Å²) in [4.78, 5) is 31.1. The summed E-state index contributed by atoms with van der Waals surface area (Å²) in [6.07, 6.45) is 0. The number of hydrogen-bond donors (Lipinski definition) is 2. The molecule has 1 heterocycles. The van der Waals surface area contributed by atoms with Gasteiger partial charge in [0.25, 0.3) is 5.91 Å². The standard InChI is InChI=1S/C17H15N3O3/c1-2-23-16(22)12-9-7-11(8-10-12)15(21)20-17-18-13-5-3-4-6-14(13)19-17/h3-10H,2H2,1H3,(H2,18,19,20,21). The second kappa shape index (κ2) is 6.31. The van der Waals surface area contributed by atoms with E-state index < -0.39 is 5.97 Å². The van der Waals surface area contributed by atoms with E-state index in [1.54, 1.807) is 31.2 Å². The van der Waals surface area contributed by atoms with Crippen LogP contribution >= 0.6 is 0 Å². The lowest BCUT2D eigenvalue weighted by atomic mass is 10.1. The zero-order valence-corrected chi connectivity index (χ0v) is 12.5. The Morgan fingerprint density at radius 1 is 1.09 bits per heavy atom. The van der Waals surface area contributed by atoms with Crippen molar-refractivity contribution < 1.29 is 14.3 Å². The third-order valence-corrected chi connectivity index (χ3v) is 3.28. The number of carbonyl (C=O) groups is 2.